The lowest BCUT2D eigenvalue weighted by atomic mass is 9.88. The predicted octanol–water partition coefficient (Wildman–Crippen LogP) is 2.32. The molecule has 3 aliphatic rings. The van der Waals surface area contributed by atoms with E-state index >= 15 is 0 Å². The van der Waals surface area contributed by atoms with Gasteiger partial charge in [-0.15, -0.1) is 0 Å². The third-order valence-corrected chi connectivity index (χ3v) is 6.06. The maximum atomic E-state index is 5.48. The monoisotopic (exact) mass is 359 g/mol. The molecule has 2 aliphatic heterocycles. The van der Waals surface area contributed by atoms with Crippen LogP contribution in [-0.4, -0.2) is 68.4 Å². The lowest BCUT2D eigenvalue weighted by Gasteiger charge is -2.35. The van der Waals surface area contributed by atoms with Crippen LogP contribution in [0.25, 0.3) is 0 Å². The molecule has 2 fully saturated rings. The Bertz CT molecular complexity index is 608. The quantitative estimate of drug-likeness (QED) is 0.822. The molecule has 0 atom stereocenters. The highest BCUT2D eigenvalue weighted by Crippen LogP contribution is 2.30. The Hall–Kier alpha value is -1.40. The van der Waals surface area contributed by atoms with Crippen molar-refractivity contribution in [2.75, 3.05) is 63.3 Å². The number of rotatable bonds is 4. The second-order valence-electron chi connectivity index (χ2n) is 8.26. The molecule has 144 valence electrons. The Balaban J connectivity index is 1.53. The summed E-state index contributed by atoms with van der Waals surface area (Å²) in [7, 11) is 4.21. The first-order valence-electron chi connectivity index (χ1n) is 10.3. The standard InChI is InChI=1S/C20H33N5O/c1-23(2)19-17-15-24(14-16-6-4-3-5-7-16)9-8-18(17)21-20(22-19)25-10-12-26-13-11-25/h16H,3-15H2,1-2H3. The van der Waals surface area contributed by atoms with Crippen molar-refractivity contribution >= 4 is 11.8 Å². The molecule has 0 bridgehead atoms. The van der Waals surface area contributed by atoms with Gasteiger partial charge in [0.1, 0.15) is 5.82 Å². The Kier molecular flexibility index (Phi) is 5.60. The van der Waals surface area contributed by atoms with E-state index in [-0.39, 0.29) is 0 Å². The molecular formula is C20H33N5O. The number of hydrogen-bond acceptors (Lipinski definition) is 6. The molecule has 0 amide bonds. The van der Waals surface area contributed by atoms with Gasteiger partial charge in [-0.05, 0) is 18.8 Å². The van der Waals surface area contributed by atoms with Gasteiger partial charge in [0, 0.05) is 58.8 Å². The molecule has 1 saturated carbocycles. The van der Waals surface area contributed by atoms with Crippen LogP contribution < -0.4 is 9.80 Å². The number of aromatic nitrogens is 2. The van der Waals surface area contributed by atoms with Gasteiger partial charge >= 0.3 is 0 Å². The zero-order valence-electron chi connectivity index (χ0n) is 16.4. The van der Waals surface area contributed by atoms with Crippen molar-refractivity contribution < 1.29 is 4.74 Å². The van der Waals surface area contributed by atoms with Crippen molar-refractivity contribution in [2.45, 2.75) is 45.1 Å². The topological polar surface area (TPSA) is 44.7 Å². The molecule has 0 unspecified atom stereocenters. The molecule has 1 aromatic rings. The fraction of sp³-hybridized carbons (Fsp3) is 0.800. The highest BCUT2D eigenvalue weighted by Gasteiger charge is 2.27. The van der Waals surface area contributed by atoms with Crippen LogP contribution in [0.1, 0.15) is 43.4 Å². The lowest BCUT2D eigenvalue weighted by Crippen LogP contribution is -2.40. The van der Waals surface area contributed by atoms with E-state index in [1.807, 2.05) is 0 Å². The number of anilines is 2. The lowest BCUT2D eigenvalue weighted by molar-refractivity contribution is 0.122. The first kappa shape index (κ1) is 18.0. The third kappa shape index (κ3) is 3.96. The van der Waals surface area contributed by atoms with Crippen molar-refractivity contribution in [3.63, 3.8) is 0 Å². The molecule has 1 aliphatic carbocycles. The molecule has 0 aromatic carbocycles. The second-order valence-corrected chi connectivity index (χ2v) is 8.26. The minimum absolute atomic E-state index is 0.771. The summed E-state index contributed by atoms with van der Waals surface area (Å²) in [6, 6.07) is 0. The highest BCUT2D eigenvalue weighted by atomic mass is 16.5. The van der Waals surface area contributed by atoms with E-state index in [4.69, 9.17) is 14.7 Å². The molecule has 1 aromatic heterocycles. The third-order valence-electron chi connectivity index (χ3n) is 6.06. The van der Waals surface area contributed by atoms with Gasteiger partial charge in [-0.25, -0.2) is 4.98 Å². The van der Waals surface area contributed by atoms with Crippen LogP contribution in [0.4, 0.5) is 11.8 Å². The molecule has 6 nitrogen and oxygen atoms in total. The van der Waals surface area contributed by atoms with Gasteiger partial charge < -0.3 is 14.5 Å². The minimum atomic E-state index is 0.771. The second kappa shape index (κ2) is 8.09. The number of ether oxygens (including phenoxy) is 1. The van der Waals surface area contributed by atoms with E-state index < -0.39 is 0 Å². The first-order valence-corrected chi connectivity index (χ1v) is 10.3. The van der Waals surface area contributed by atoms with Crippen molar-refractivity contribution in [1.29, 1.82) is 0 Å². The number of nitrogens with zero attached hydrogens (tertiary/aromatic N) is 5. The van der Waals surface area contributed by atoms with Gasteiger partial charge in [0.05, 0.1) is 18.9 Å². The summed E-state index contributed by atoms with van der Waals surface area (Å²) in [5.74, 6) is 2.88. The average molecular weight is 360 g/mol. The van der Waals surface area contributed by atoms with Gasteiger partial charge in [-0.1, -0.05) is 19.3 Å². The smallest absolute Gasteiger partial charge is 0.227 e. The minimum Gasteiger partial charge on any atom is -0.378 e. The number of hydrogen-bond donors (Lipinski definition) is 0. The van der Waals surface area contributed by atoms with Crippen molar-refractivity contribution in [3.05, 3.63) is 11.3 Å². The highest BCUT2D eigenvalue weighted by molar-refractivity contribution is 5.53. The van der Waals surface area contributed by atoms with Crippen LogP contribution in [0, 0.1) is 5.92 Å². The van der Waals surface area contributed by atoms with Gasteiger partial charge in [-0.2, -0.15) is 4.98 Å². The van der Waals surface area contributed by atoms with E-state index in [0.717, 1.165) is 63.5 Å². The van der Waals surface area contributed by atoms with Crippen LogP contribution in [-0.2, 0) is 17.7 Å². The Morgan fingerprint density at radius 3 is 2.54 bits per heavy atom. The van der Waals surface area contributed by atoms with Crippen molar-refractivity contribution in [3.8, 4) is 0 Å². The van der Waals surface area contributed by atoms with Crippen LogP contribution in [0.5, 0.6) is 0 Å². The SMILES string of the molecule is CN(C)c1nc(N2CCOCC2)nc2c1CN(CC1CCCCC1)CC2. The van der Waals surface area contributed by atoms with Gasteiger partial charge in [0.25, 0.3) is 0 Å². The zero-order valence-corrected chi connectivity index (χ0v) is 16.4. The summed E-state index contributed by atoms with van der Waals surface area (Å²) in [6.45, 7) is 6.70. The summed E-state index contributed by atoms with van der Waals surface area (Å²) in [5.41, 5.74) is 2.60. The molecule has 26 heavy (non-hydrogen) atoms. The molecule has 0 N–H and O–H groups in total. The van der Waals surface area contributed by atoms with Crippen LogP contribution >= 0.6 is 0 Å². The fourth-order valence-electron chi connectivity index (χ4n) is 4.61. The zero-order chi connectivity index (χ0) is 17.9. The van der Waals surface area contributed by atoms with Crippen molar-refractivity contribution in [2.24, 2.45) is 5.92 Å². The van der Waals surface area contributed by atoms with E-state index in [1.54, 1.807) is 0 Å². The summed E-state index contributed by atoms with van der Waals surface area (Å²) in [6.07, 6.45) is 8.14. The Morgan fingerprint density at radius 2 is 1.81 bits per heavy atom. The molecule has 3 heterocycles. The van der Waals surface area contributed by atoms with E-state index in [1.165, 1.54) is 49.9 Å². The summed E-state index contributed by atoms with van der Waals surface area (Å²) < 4.78 is 5.48. The molecule has 1 saturated heterocycles. The van der Waals surface area contributed by atoms with Crippen LogP contribution in [0.3, 0.4) is 0 Å². The number of morpholine rings is 1. The average Bonchev–Trinajstić information content (AvgIpc) is 2.68. The van der Waals surface area contributed by atoms with E-state index in [9.17, 15) is 0 Å². The molecule has 6 heteroatoms. The molecule has 0 radical (unpaired) electrons. The normalized spacial score (nSPS) is 22.3. The fourth-order valence-corrected chi connectivity index (χ4v) is 4.61. The molecule has 4 rings (SSSR count). The maximum absolute atomic E-state index is 5.48. The van der Waals surface area contributed by atoms with Crippen LogP contribution in [0.15, 0.2) is 0 Å². The van der Waals surface area contributed by atoms with E-state index in [0.29, 0.717) is 0 Å². The predicted molar refractivity (Wildman–Crippen MR) is 105 cm³/mol. The van der Waals surface area contributed by atoms with Crippen molar-refractivity contribution in [1.82, 2.24) is 14.9 Å². The van der Waals surface area contributed by atoms with Gasteiger partial charge in [0.15, 0.2) is 0 Å². The van der Waals surface area contributed by atoms with E-state index in [2.05, 4.69) is 28.8 Å². The maximum Gasteiger partial charge on any atom is 0.227 e. The summed E-state index contributed by atoms with van der Waals surface area (Å²) in [4.78, 5) is 17.0. The molecule has 0 spiro atoms. The first-order chi connectivity index (χ1) is 12.7. The number of fused-ring (bicyclic) bond motifs is 1. The Morgan fingerprint density at radius 1 is 1.04 bits per heavy atom. The van der Waals surface area contributed by atoms with Crippen LogP contribution in [0.2, 0.25) is 0 Å². The van der Waals surface area contributed by atoms with Gasteiger partial charge in [-0.3, -0.25) is 4.90 Å². The van der Waals surface area contributed by atoms with Gasteiger partial charge in [0.2, 0.25) is 5.95 Å². The summed E-state index contributed by atoms with van der Waals surface area (Å²) in [5, 5.41) is 0. The Labute approximate surface area is 157 Å². The molecular weight excluding hydrogens is 326 g/mol. The summed E-state index contributed by atoms with van der Waals surface area (Å²) >= 11 is 0. The largest absolute Gasteiger partial charge is 0.378 e.